The van der Waals surface area contributed by atoms with Gasteiger partial charge >= 0.3 is 5.97 Å². The van der Waals surface area contributed by atoms with Gasteiger partial charge in [-0.25, -0.2) is 0 Å². The van der Waals surface area contributed by atoms with Crippen molar-refractivity contribution in [3.63, 3.8) is 0 Å². The number of hydrogen-bond donors (Lipinski definition) is 1. The Morgan fingerprint density at radius 2 is 2.00 bits per heavy atom. The van der Waals surface area contributed by atoms with Crippen LogP contribution in [0.5, 0.6) is 0 Å². The average Bonchev–Trinajstić information content (AvgIpc) is 3.21. The molecule has 5 heteroatoms. The van der Waals surface area contributed by atoms with Gasteiger partial charge in [0, 0.05) is 24.2 Å². The number of ether oxygens (including phenoxy) is 2. The number of epoxide rings is 1. The van der Waals surface area contributed by atoms with Gasteiger partial charge < -0.3 is 14.6 Å². The summed E-state index contributed by atoms with van der Waals surface area (Å²) in [6.45, 7) is 13.7. The number of carbonyl (C=O) groups is 2. The zero-order valence-corrected chi connectivity index (χ0v) is 17.2. The Labute approximate surface area is 161 Å². The first-order valence-corrected chi connectivity index (χ1v) is 10.2. The van der Waals surface area contributed by atoms with E-state index in [0.29, 0.717) is 12.8 Å². The Morgan fingerprint density at radius 1 is 1.33 bits per heavy atom. The summed E-state index contributed by atoms with van der Waals surface area (Å²) in [7, 11) is 0. The van der Waals surface area contributed by atoms with Crippen molar-refractivity contribution < 1.29 is 24.2 Å². The van der Waals surface area contributed by atoms with Crippen molar-refractivity contribution in [1.82, 2.24) is 0 Å². The van der Waals surface area contributed by atoms with Crippen molar-refractivity contribution in [2.75, 3.05) is 0 Å². The van der Waals surface area contributed by atoms with Gasteiger partial charge in [0.15, 0.2) is 11.4 Å². The zero-order chi connectivity index (χ0) is 20.0. The highest BCUT2D eigenvalue weighted by molar-refractivity contribution is 5.95. The molecule has 150 valence electrons. The van der Waals surface area contributed by atoms with Crippen LogP contribution >= 0.6 is 0 Å². The highest BCUT2D eigenvalue weighted by Crippen LogP contribution is 2.76. The molecule has 1 saturated heterocycles. The van der Waals surface area contributed by atoms with Gasteiger partial charge in [0.2, 0.25) is 0 Å². The van der Waals surface area contributed by atoms with Gasteiger partial charge in [0.25, 0.3) is 0 Å². The van der Waals surface area contributed by atoms with E-state index >= 15 is 0 Å². The predicted octanol–water partition coefficient (Wildman–Crippen LogP) is 3.33. The fraction of sp³-hybridized carbons (Fsp3) is 0.818. The highest BCUT2D eigenvalue weighted by atomic mass is 16.7. The first-order valence-electron chi connectivity index (χ1n) is 10.2. The summed E-state index contributed by atoms with van der Waals surface area (Å²) in [4.78, 5) is 25.5. The molecular weight excluding hydrogens is 344 g/mol. The number of aliphatic hydroxyl groups is 1. The van der Waals surface area contributed by atoms with E-state index in [1.165, 1.54) is 6.92 Å². The largest absolute Gasteiger partial charge is 0.459 e. The van der Waals surface area contributed by atoms with Crippen LogP contribution in [0.1, 0.15) is 73.1 Å². The van der Waals surface area contributed by atoms with Crippen LogP contribution in [-0.2, 0) is 19.1 Å². The van der Waals surface area contributed by atoms with E-state index in [0.717, 1.165) is 24.8 Å². The number of esters is 1. The molecule has 0 bridgehead atoms. The van der Waals surface area contributed by atoms with Crippen molar-refractivity contribution in [3.8, 4) is 0 Å². The minimum Gasteiger partial charge on any atom is -0.459 e. The summed E-state index contributed by atoms with van der Waals surface area (Å²) in [5.41, 5.74) is -3.15. The molecule has 4 aliphatic rings. The van der Waals surface area contributed by atoms with E-state index in [4.69, 9.17) is 9.47 Å². The summed E-state index contributed by atoms with van der Waals surface area (Å²) in [6.07, 6.45) is 3.30. The Morgan fingerprint density at radius 3 is 2.59 bits per heavy atom. The van der Waals surface area contributed by atoms with E-state index in [9.17, 15) is 14.7 Å². The number of carbonyl (C=O) groups excluding carboxylic acids is 2. The predicted molar refractivity (Wildman–Crippen MR) is 100.0 cm³/mol. The lowest BCUT2D eigenvalue weighted by molar-refractivity contribution is -0.154. The maximum atomic E-state index is 13.7. The lowest BCUT2D eigenvalue weighted by Gasteiger charge is -2.50. The lowest BCUT2D eigenvalue weighted by atomic mass is 9.57. The van der Waals surface area contributed by atoms with Crippen LogP contribution in [0, 0.1) is 16.7 Å². The molecule has 3 saturated carbocycles. The van der Waals surface area contributed by atoms with Gasteiger partial charge in [-0.05, 0) is 43.6 Å². The fourth-order valence-corrected chi connectivity index (χ4v) is 7.00. The normalized spacial score (nSPS) is 51.3. The van der Waals surface area contributed by atoms with Crippen LogP contribution in [0.15, 0.2) is 12.2 Å². The average molecular weight is 376 g/mol. The van der Waals surface area contributed by atoms with E-state index in [1.807, 2.05) is 27.7 Å². The van der Waals surface area contributed by atoms with Gasteiger partial charge in [0.1, 0.15) is 11.7 Å². The molecule has 1 N–H and O–H groups in total. The highest BCUT2D eigenvalue weighted by Gasteiger charge is 2.91. The molecule has 4 rings (SSSR count). The van der Waals surface area contributed by atoms with Crippen LogP contribution in [0.4, 0.5) is 0 Å². The van der Waals surface area contributed by atoms with Crippen LogP contribution in [0.2, 0.25) is 0 Å². The van der Waals surface area contributed by atoms with Crippen molar-refractivity contribution in [1.29, 1.82) is 0 Å². The third-order valence-electron chi connectivity index (χ3n) is 8.34. The van der Waals surface area contributed by atoms with Crippen LogP contribution in [0.3, 0.4) is 0 Å². The molecule has 0 radical (unpaired) electrons. The minimum atomic E-state index is -1.10. The second kappa shape index (κ2) is 5.24. The zero-order valence-electron chi connectivity index (χ0n) is 17.2. The molecular formula is C22H32O5. The van der Waals surface area contributed by atoms with Gasteiger partial charge in [-0.3, -0.25) is 9.59 Å². The van der Waals surface area contributed by atoms with Crippen LogP contribution < -0.4 is 0 Å². The summed E-state index contributed by atoms with van der Waals surface area (Å²) in [5, 5.41) is 11.8. The monoisotopic (exact) mass is 376 g/mol. The molecule has 4 fully saturated rings. The SMILES string of the molecule is C=C1CCC[C@]2(C)CC(=O)[C@]34O[C@@]3(C(C)C)[C@H](OC(C)=O)C[C@@]4(C)C[C@@]12O. The molecule has 1 aliphatic heterocycles. The first-order chi connectivity index (χ1) is 12.4. The topological polar surface area (TPSA) is 76.1 Å². The van der Waals surface area contributed by atoms with Gasteiger partial charge in [-0.15, -0.1) is 0 Å². The third-order valence-corrected chi connectivity index (χ3v) is 8.34. The quantitative estimate of drug-likeness (QED) is 0.454. The van der Waals surface area contributed by atoms with Gasteiger partial charge in [0.05, 0.1) is 5.60 Å². The molecule has 0 aromatic rings. The number of fused-ring (bicyclic) bond motifs is 1. The van der Waals surface area contributed by atoms with Gasteiger partial charge in [-0.1, -0.05) is 34.3 Å². The summed E-state index contributed by atoms with van der Waals surface area (Å²) in [5.74, 6) is -0.274. The fourth-order valence-electron chi connectivity index (χ4n) is 7.00. The molecule has 0 aromatic carbocycles. The summed E-state index contributed by atoms with van der Waals surface area (Å²) < 4.78 is 12.0. The van der Waals surface area contributed by atoms with Crippen molar-refractivity contribution in [2.24, 2.45) is 16.7 Å². The van der Waals surface area contributed by atoms with E-state index in [2.05, 4.69) is 6.58 Å². The number of rotatable bonds is 2. The Balaban J connectivity index is 1.86. The number of ketones is 1. The first kappa shape index (κ1) is 19.1. The lowest BCUT2D eigenvalue weighted by Crippen LogP contribution is -2.52. The van der Waals surface area contributed by atoms with Crippen molar-refractivity contribution >= 4 is 11.8 Å². The van der Waals surface area contributed by atoms with Gasteiger partial charge in [-0.2, -0.15) is 0 Å². The second-order valence-corrected chi connectivity index (χ2v) is 10.2. The standard InChI is InChI=1S/C22H32O5/c1-13(2)21-17(26-15(4)23)11-19(6)12-20(25)14(3)8-7-9-18(20,5)10-16(24)22(19,21)27-21/h13,17,25H,3,7-12H2,1-2,4-6H3/t17-,18-,19+,20-,21+,22-/m1/s1. The molecule has 1 spiro atoms. The van der Waals surface area contributed by atoms with E-state index in [1.54, 1.807) is 0 Å². The molecule has 0 unspecified atom stereocenters. The molecule has 3 aliphatic carbocycles. The Kier molecular flexibility index (Phi) is 3.71. The second-order valence-electron chi connectivity index (χ2n) is 10.2. The summed E-state index contributed by atoms with van der Waals surface area (Å²) in [6, 6.07) is 0. The van der Waals surface area contributed by atoms with E-state index < -0.39 is 33.7 Å². The summed E-state index contributed by atoms with van der Waals surface area (Å²) >= 11 is 0. The molecule has 6 atom stereocenters. The van der Waals surface area contributed by atoms with E-state index in [-0.39, 0.29) is 24.1 Å². The molecule has 27 heavy (non-hydrogen) atoms. The molecule has 0 aromatic heterocycles. The number of Topliss-reactive ketones (excluding diaryl/α,β-unsaturated/α-hetero) is 1. The van der Waals surface area contributed by atoms with Crippen LogP contribution in [0.25, 0.3) is 0 Å². The van der Waals surface area contributed by atoms with Crippen LogP contribution in [-0.4, -0.2) is 39.8 Å². The minimum absolute atomic E-state index is 0.0263. The van der Waals surface area contributed by atoms with Crippen molar-refractivity contribution in [2.45, 2.75) is 96.1 Å². The van der Waals surface area contributed by atoms with Crippen molar-refractivity contribution in [3.05, 3.63) is 12.2 Å². The molecule has 0 amide bonds. The smallest absolute Gasteiger partial charge is 0.303 e. The molecule has 5 nitrogen and oxygen atoms in total. The maximum absolute atomic E-state index is 13.7. The Bertz CT molecular complexity index is 743. The third kappa shape index (κ3) is 1.97. The molecule has 1 heterocycles. The number of hydrogen-bond acceptors (Lipinski definition) is 5. The maximum Gasteiger partial charge on any atom is 0.303 e. The Hall–Kier alpha value is -1.20.